The lowest BCUT2D eigenvalue weighted by molar-refractivity contribution is -0.129. The van der Waals surface area contributed by atoms with Crippen molar-refractivity contribution in [3.05, 3.63) is 75.6 Å². The first-order valence-electron chi connectivity index (χ1n) is 9.26. The van der Waals surface area contributed by atoms with Crippen LogP contribution in [-0.2, 0) is 4.79 Å². The minimum absolute atomic E-state index is 0.139. The number of halogens is 2. The Morgan fingerprint density at radius 3 is 2.71 bits per heavy atom. The van der Waals surface area contributed by atoms with Crippen LogP contribution in [0.4, 0.5) is 4.39 Å². The first kappa shape index (κ1) is 20.3. The van der Waals surface area contributed by atoms with E-state index in [-0.39, 0.29) is 11.6 Å². The zero-order valence-corrected chi connectivity index (χ0v) is 17.2. The number of hydrogen-bond acceptors (Lipinski definition) is 2. The van der Waals surface area contributed by atoms with Crippen LogP contribution >= 0.6 is 15.9 Å². The molecule has 146 valence electrons. The third kappa shape index (κ3) is 5.07. The van der Waals surface area contributed by atoms with Gasteiger partial charge in [-0.1, -0.05) is 31.2 Å². The Hall–Kier alpha value is -2.47. The molecule has 0 aromatic heterocycles. The van der Waals surface area contributed by atoms with Crippen LogP contribution in [0.5, 0.6) is 0 Å². The molecule has 2 amide bonds. The molecule has 3 rings (SSSR count). The van der Waals surface area contributed by atoms with E-state index in [0.29, 0.717) is 34.6 Å². The zero-order valence-electron chi connectivity index (χ0n) is 15.6. The van der Waals surface area contributed by atoms with Crippen molar-refractivity contribution in [3.63, 3.8) is 0 Å². The van der Waals surface area contributed by atoms with Gasteiger partial charge >= 0.3 is 0 Å². The number of carbonyl (C=O) groups is 2. The average Bonchev–Trinajstić information content (AvgIpc) is 2.67. The van der Waals surface area contributed by atoms with E-state index in [0.717, 1.165) is 12.8 Å². The van der Waals surface area contributed by atoms with Crippen LogP contribution in [0.1, 0.15) is 35.7 Å². The van der Waals surface area contributed by atoms with E-state index in [1.807, 2.05) is 6.07 Å². The van der Waals surface area contributed by atoms with Crippen molar-refractivity contribution in [3.8, 4) is 0 Å². The predicted molar refractivity (Wildman–Crippen MR) is 111 cm³/mol. The van der Waals surface area contributed by atoms with Crippen molar-refractivity contribution < 1.29 is 14.0 Å². The second-order valence-electron chi connectivity index (χ2n) is 7.05. The third-order valence-corrected chi connectivity index (χ3v) is 5.39. The maximum absolute atomic E-state index is 13.6. The second-order valence-corrected chi connectivity index (χ2v) is 7.90. The minimum Gasteiger partial charge on any atom is -0.337 e. The highest BCUT2D eigenvalue weighted by molar-refractivity contribution is 9.10. The fourth-order valence-corrected chi connectivity index (χ4v) is 3.76. The third-order valence-electron chi connectivity index (χ3n) is 4.70. The van der Waals surface area contributed by atoms with Gasteiger partial charge in [-0.05, 0) is 70.6 Å². The van der Waals surface area contributed by atoms with E-state index < -0.39 is 11.7 Å². The highest BCUT2D eigenvalue weighted by atomic mass is 79.9. The quantitative estimate of drug-likeness (QED) is 0.699. The molecule has 2 aromatic rings. The summed E-state index contributed by atoms with van der Waals surface area (Å²) in [4.78, 5) is 27.6. The second kappa shape index (κ2) is 9.15. The molecule has 4 nitrogen and oxygen atoms in total. The molecular formula is C22H22BrFN2O2. The monoisotopic (exact) mass is 444 g/mol. The number of rotatable bonds is 4. The van der Waals surface area contributed by atoms with Crippen LogP contribution in [0.25, 0.3) is 6.08 Å². The summed E-state index contributed by atoms with van der Waals surface area (Å²) in [6.45, 7) is 3.40. The Morgan fingerprint density at radius 2 is 2.00 bits per heavy atom. The molecule has 0 unspecified atom stereocenters. The minimum atomic E-state index is -0.399. The Balaban J connectivity index is 1.91. The van der Waals surface area contributed by atoms with Crippen LogP contribution in [0, 0.1) is 11.7 Å². The molecule has 6 heteroatoms. The maximum Gasteiger partial charge on any atom is 0.270 e. The summed E-state index contributed by atoms with van der Waals surface area (Å²) < 4.78 is 14.2. The number of amides is 2. The van der Waals surface area contributed by atoms with E-state index in [2.05, 4.69) is 28.2 Å². The molecule has 0 radical (unpaired) electrons. The van der Waals surface area contributed by atoms with Crippen molar-refractivity contribution in [2.24, 2.45) is 5.92 Å². The van der Waals surface area contributed by atoms with Gasteiger partial charge in [0.1, 0.15) is 11.5 Å². The molecule has 28 heavy (non-hydrogen) atoms. The largest absolute Gasteiger partial charge is 0.337 e. The molecule has 1 saturated heterocycles. The van der Waals surface area contributed by atoms with Gasteiger partial charge in [0.25, 0.3) is 11.8 Å². The highest BCUT2D eigenvalue weighted by Crippen LogP contribution is 2.20. The maximum atomic E-state index is 13.6. The normalized spacial score (nSPS) is 17.3. The van der Waals surface area contributed by atoms with Crippen LogP contribution < -0.4 is 5.32 Å². The summed E-state index contributed by atoms with van der Waals surface area (Å²) in [5, 5.41) is 2.73. The molecule has 0 spiro atoms. The first-order valence-corrected chi connectivity index (χ1v) is 10.1. The first-order chi connectivity index (χ1) is 13.4. The molecule has 0 bridgehead atoms. The number of benzene rings is 2. The topological polar surface area (TPSA) is 49.4 Å². The van der Waals surface area contributed by atoms with E-state index >= 15 is 0 Å². The van der Waals surface area contributed by atoms with Gasteiger partial charge in [0.15, 0.2) is 0 Å². The van der Waals surface area contributed by atoms with Crippen molar-refractivity contribution in [1.29, 1.82) is 0 Å². The Bertz CT molecular complexity index is 913. The van der Waals surface area contributed by atoms with Gasteiger partial charge in [-0.25, -0.2) is 4.39 Å². The predicted octanol–water partition coefficient (Wildman–Crippen LogP) is 4.62. The molecule has 1 atom stereocenters. The summed E-state index contributed by atoms with van der Waals surface area (Å²) >= 11 is 3.36. The van der Waals surface area contributed by atoms with Crippen molar-refractivity contribution in [1.82, 2.24) is 10.2 Å². The van der Waals surface area contributed by atoms with Gasteiger partial charge < -0.3 is 10.2 Å². The molecule has 1 N–H and O–H groups in total. The molecular weight excluding hydrogens is 423 g/mol. The fourth-order valence-electron chi connectivity index (χ4n) is 3.29. The van der Waals surface area contributed by atoms with Gasteiger partial charge in [0.05, 0.1) is 5.56 Å². The Kier molecular flexibility index (Phi) is 6.62. The fraction of sp³-hybridized carbons (Fsp3) is 0.273. The number of nitrogens with zero attached hydrogens (tertiary/aromatic N) is 1. The number of likely N-dealkylation sites (tertiary alicyclic amines) is 1. The number of hydrogen-bond donors (Lipinski definition) is 1. The van der Waals surface area contributed by atoms with Crippen molar-refractivity contribution >= 4 is 33.8 Å². The van der Waals surface area contributed by atoms with Gasteiger partial charge in [0, 0.05) is 17.6 Å². The van der Waals surface area contributed by atoms with Gasteiger partial charge in [-0.2, -0.15) is 0 Å². The summed E-state index contributed by atoms with van der Waals surface area (Å²) in [6.07, 6.45) is 3.54. The van der Waals surface area contributed by atoms with Crippen LogP contribution in [0.2, 0.25) is 0 Å². The van der Waals surface area contributed by atoms with E-state index in [9.17, 15) is 14.0 Å². The van der Waals surface area contributed by atoms with Crippen molar-refractivity contribution in [2.75, 3.05) is 13.1 Å². The van der Waals surface area contributed by atoms with Gasteiger partial charge in [-0.15, -0.1) is 0 Å². The zero-order chi connectivity index (χ0) is 20.1. The summed E-state index contributed by atoms with van der Waals surface area (Å²) in [5.41, 5.74) is 1.08. The number of piperidine rings is 1. The standard InChI is InChI=1S/C22H22BrFN2O2/c1-15-6-5-11-26(14-15)22(28)20(13-16-7-4-8-17(24)12-16)25-21(27)18-9-2-3-10-19(18)23/h2-4,7-10,12-13,15H,5-6,11,14H2,1H3,(H,25,27)/b20-13+/t15-/m1/s1. The summed E-state index contributed by atoms with van der Waals surface area (Å²) in [7, 11) is 0. The van der Waals surface area contributed by atoms with E-state index in [1.165, 1.54) is 18.2 Å². The molecule has 1 aliphatic heterocycles. The molecule has 1 fully saturated rings. The Morgan fingerprint density at radius 1 is 1.21 bits per heavy atom. The molecule has 2 aromatic carbocycles. The molecule has 0 saturated carbocycles. The number of nitrogens with one attached hydrogen (secondary N) is 1. The molecule has 1 aliphatic rings. The highest BCUT2D eigenvalue weighted by Gasteiger charge is 2.25. The summed E-state index contributed by atoms with van der Waals surface area (Å²) in [6, 6.07) is 12.9. The van der Waals surface area contributed by atoms with Crippen LogP contribution in [-0.4, -0.2) is 29.8 Å². The van der Waals surface area contributed by atoms with Crippen LogP contribution in [0.3, 0.4) is 0 Å². The average molecular weight is 445 g/mol. The van der Waals surface area contributed by atoms with E-state index in [1.54, 1.807) is 35.2 Å². The van der Waals surface area contributed by atoms with Crippen LogP contribution in [0.15, 0.2) is 58.7 Å². The lowest BCUT2D eigenvalue weighted by Gasteiger charge is -2.31. The van der Waals surface area contributed by atoms with Gasteiger partial charge in [-0.3, -0.25) is 9.59 Å². The lowest BCUT2D eigenvalue weighted by atomic mass is 10.00. The lowest BCUT2D eigenvalue weighted by Crippen LogP contribution is -2.43. The summed E-state index contributed by atoms with van der Waals surface area (Å²) in [5.74, 6) is -0.638. The van der Waals surface area contributed by atoms with Gasteiger partial charge in [0.2, 0.25) is 0 Å². The van der Waals surface area contributed by atoms with E-state index in [4.69, 9.17) is 0 Å². The number of carbonyl (C=O) groups excluding carboxylic acids is 2. The molecule has 0 aliphatic carbocycles. The smallest absolute Gasteiger partial charge is 0.270 e. The molecule has 1 heterocycles. The SMILES string of the molecule is C[C@@H]1CCCN(C(=O)/C(=C\c2cccc(F)c2)NC(=O)c2ccccc2Br)C1. The van der Waals surface area contributed by atoms with Crippen molar-refractivity contribution in [2.45, 2.75) is 19.8 Å². The Labute approximate surface area is 172 Å².